The van der Waals surface area contributed by atoms with Crippen LogP contribution in [0.3, 0.4) is 0 Å². The number of carbonyl (C=O) groups is 1. The van der Waals surface area contributed by atoms with Gasteiger partial charge in [-0.2, -0.15) is 18.2 Å². The van der Waals surface area contributed by atoms with Crippen molar-refractivity contribution in [3.63, 3.8) is 0 Å². The Bertz CT molecular complexity index is 1430. The standard InChI is InChI=1S/C24H26F3N7O4S/c1-33(39(2,36)37)21-17(4-3-9-28-21)14-29-20-19(24(25,26)27)15-30-23(32-20)31-18-7-5-16(6-8-18)22(35)34-10-12-38-13-11-34/h3-9,15H,10-14H2,1-2H3,(H2,29,30,31,32). The van der Waals surface area contributed by atoms with Crippen molar-refractivity contribution in [1.29, 1.82) is 0 Å². The van der Waals surface area contributed by atoms with E-state index in [-0.39, 0.29) is 24.2 Å². The number of sulfonamides is 1. The predicted molar refractivity (Wildman–Crippen MR) is 138 cm³/mol. The van der Waals surface area contributed by atoms with Crippen molar-refractivity contribution >= 4 is 39.2 Å². The molecule has 1 saturated heterocycles. The van der Waals surface area contributed by atoms with Gasteiger partial charge in [-0.3, -0.25) is 9.10 Å². The molecule has 2 aromatic heterocycles. The molecule has 1 fully saturated rings. The maximum Gasteiger partial charge on any atom is 0.421 e. The summed E-state index contributed by atoms with van der Waals surface area (Å²) in [5.74, 6) is -0.688. The number of nitrogens with zero attached hydrogens (tertiary/aromatic N) is 5. The third kappa shape index (κ3) is 6.92. The van der Waals surface area contributed by atoms with Gasteiger partial charge in [0.05, 0.1) is 19.5 Å². The van der Waals surface area contributed by atoms with Crippen LogP contribution in [0, 0.1) is 0 Å². The zero-order valence-corrected chi connectivity index (χ0v) is 21.9. The first-order chi connectivity index (χ1) is 18.4. The Hall–Kier alpha value is -3.98. The van der Waals surface area contributed by atoms with Gasteiger partial charge >= 0.3 is 6.18 Å². The Balaban J connectivity index is 1.53. The summed E-state index contributed by atoms with van der Waals surface area (Å²) in [6, 6.07) is 9.50. The zero-order valence-electron chi connectivity index (χ0n) is 21.1. The van der Waals surface area contributed by atoms with Crippen LogP contribution in [0.5, 0.6) is 0 Å². The number of amides is 1. The first kappa shape index (κ1) is 28.0. The van der Waals surface area contributed by atoms with Crippen molar-refractivity contribution < 1.29 is 31.1 Å². The second kappa shape index (κ2) is 11.4. The number of rotatable bonds is 8. The fraction of sp³-hybridized carbons (Fsp3) is 0.333. The molecule has 0 bridgehead atoms. The molecule has 0 aliphatic carbocycles. The van der Waals surface area contributed by atoms with Gasteiger partial charge in [0.1, 0.15) is 17.2 Å². The molecule has 0 saturated carbocycles. The van der Waals surface area contributed by atoms with Gasteiger partial charge in [-0.15, -0.1) is 0 Å². The monoisotopic (exact) mass is 565 g/mol. The highest BCUT2D eigenvalue weighted by molar-refractivity contribution is 7.92. The number of carbonyl (C=O) groups excluding carboxylic acids is 1. The summed E-state index contributed by atoms with van der Waals surface area (Å²) in [4.78, 5) is 26.2. The Morgan fingerprint density at radius 1 is 1.13 bits per heavy atom. The second-order valence-electron chi connectivity index (χ2n) is 8.63. The van der Waals surface area contributed by atoms with Gasteiger partial charge in [-0.25, -0.2) is 18.4 Å². The van der Waals surface area contributed by atoms with Crippen molar-refractivity contribution in [3.05, 3.63) is 65.5 Å². The minimum Gasteiger partial charge on any atom is -0.378 e. The highest BCUT2D eigenvalue weighted by Gasteiger charge is 2.35. The predicted octanol–water partition coefficient (Wildman–Crippen LogP) is 3.11. The van der Waals surface area contributed by atoms with Crippen molar-refractivity contribution in [1.82, 2.24) is 19.9 Å². The number of ether oxygens (including phenoxy) is 1. The molecule has 3 heterocycles. The van der Waals surface area contributed by atoms with Gasteiger partial charge in [0.2, 0.25) is 16.0 Å². The van der Waals surface area contributed by atoms with Crippen molar-refractivity contribution in [3.8, 4) is 0 Å². The van der Waals surface area contributed by atoms with Crippen LogP contribution in [0.4, 0.5) is 36.4 Å². The van der Waals surface area contributed by atoms with Gasteiger partial charge < -0.3 is 20.3 Å². The highest BCUT2D eigenvalue weighted by atomic mass is 32.2. The smallest absolute Gasteiger partial charge is 0.378 e. The molecule has 2 N–H and O–H groups in total. The van der Waals surface area contributed by atoms with Gasteiger partial charge in [-0.1, -0.05) is 6.07 Å². The van der Waals surface area contributed by atoms with Crippen LogP contribution in [0.15, 0.2) is 48.8 Å². The molecule has 11 nitrogen and oxygen atoms in total. The Labute approximate surface area is 223 Å². The van der Waals surface area contributed by atoms with E-state index in [1.807, 2.05) is 0 Å². The average molecular weight is 566 g/mol. The molecule has 0 atom stereocenters. The molecule has 1 amide bonds. The average Bonchev–Trinajstić information content (AvgIpc) is 2.91. The number of hydrogen-bond acceptors (Lipinski definition) is 9. The Kier molecular flexibility index (Phi) is 8.20. The van der Waals surface area contributed by atoms with Crippen molar-refractivity contribution in [2.24, 2.45) is 0 Å². The lowest BCUT2D eigenvalue weighted by atomic mass is 10.1. The molecule has 39 heavy (non-hydrogen) atoms. The third-order valence-electron chi connectivity index (χ3n) is 5.89. The molecule has 4 rings (SSSR count). The lowest BCUT2D eigenvalue weighted by Crippen LogP contribution is -2.40. The summed E-state index contributed by atoms with van der Waals surface area (Å²) in [6.45, 7) is 1.76. The molecule has 0 radical (unpaired) electrons. The van der Waals surface area contributed by atoms with Crippen LogP contribution in [0.25, 0.3) is 0 Å². The number of alkyl halides is 3. The first-order valence-corrected chi connectivity index (χ1v) is 13.6. The Morgan fingerprint density at radius 3 is 2.46 bits per heavy atom. The van der Waals surface area contributed by atoms with Crippen LogP contribution < -0.4 is 14.9 Å². The SMILES string of the molecule is CN(c1ncccc1CNc1nc(Nc2ccc(C(=O)N3CCOCC3)cc2)ncc1C(F)(F)F)S(C)(=O)=O. The number of nitrogens with one attached hydrogen (secondary N) is 2. The van der Waals surface area contributed by atoms with E-state index in [1.54, 1.807) is 41.3 Å². The van der Waals surface area contributed by atoms with E-state index in [0.29, 0.717) is 49.3 Å². The summed E-state index contributed by atoms with van der Waals surface area (Å²) < 4.78 is 71.2. The van der Waals surface area contributed by atoms with E-state index >= 15 is 0 Å². The molecule has 15 heteroatoms. The minimum absolute atomic E-state index is 0.0696. The van der Waals surface area contributed by atoms with E-state index < -0.39 is 27.6 Å². The lowest BCUT2D eigenvalue weighted by Gasteiger charge is -2.26. The molecule has 0 unspecified atom stereocenters. The van der Waals surface area contributed by atoms with E-state index in [1.165, 1.54) is 13.2 Å². The third-order valence-corrected chi connectivity index (χ3v) is 7.06. The summed E-state index contributed by atoms with van der Waals surface area (Å²) in [5.41, 5.74) is 0.168. The van der Waals surface area contributed by atoms with Crippen LogP contribution in [0.2, 0.25) is 0 Å². The topological polar surface area (TPSA) is 130 Å². The molecule has 1 aliphatic rings. The molecular formula is C24H26F3N7O4S. The number of morpholine rings is 1. The van der Waals surface area contributed by atoms with Crippen LogP contribution in [0.1, 0.15) is 21.5 Å². The van der Waals surface area contributed by atoms with Crippen molar-refractivity contribution in [2.45, 2.75) is 12.7 Å². The molecule has 3 aromatic rings. The fourth-order valence-corrected chi connectivity index (χ4v) is 4.22. The fourth-order valence-electron chi connectivity index (χ4n) is 3.75. The quantitative estimate of drug-likeness (QED) is 0.423. The van der Waals surface area contributed by atoms with Crippen LogP contribution in [-0.4, -0.2) is 73.8 Å². The van der Waals surface area contributed by atoms with Crippen LogP contribution >= 0.6 is 0 Å². The Morgan fingerprint density at radius 2 is 1.82 bits per heavy atom. The zero-order chi connectivity index (χ0) is 28.2. The first-order valence-electron chi connectivity index (χ1n) is 11.7. The van der Waals surface area contributed by atoms with E-state index in [2.05, 4.69) is 25.6 Å². The number of pyridine rings is 1. The normalized spacial score (nSPS) is 14.1. The summed E-state index contributed by atoms with van der Waals surface area (Å²) in [6.07, 6.45) is -1.72. The van der Waals surface area contributed by atoms with Gasteiger partial charge in [-0.05, 0) is 30.3 Å². The number of hydrogen-bond donors (Lipinski definition) is 2. The number of halogens is 3. The highest BCUT2D eigenvalue weighted by Crippen LogP contribution is 2.34. The maximum absolute atomic E-state index is 13.7. The second-order valence-corrected chi connectivity index (χ2v) is 10.6. The number of aromatic nitrogens is 3. The lowest BCUT2D eigenvalue weighted by molar-refractivity contribution is -0.137. The van der Waals surface area contributed by atoms with Crippen molar-refractivity contribution in [2.75, 3.05) is 54.5 Å². The maximum atomic E-state index is 13.7. The molecule has 1 aromatic carbocycles. The molecular weight excluding hydrogens is 539 g/mol. The van der Waals surface area contributed by atoms with Gasteiger partial charge in [0, 0.05) is 55.9 Å². The summed E-state index contributed by atoms with van der Waals surface area (Å²) >= 11 is 0. The van der Waals surface area contributed by atoms with Gasteiger partial charge in [0.15, 0.2) is 0 Å². The summed E-state index contributed by atoms with van der Waals surface area (Å²) in [5, 5.41) is 5.48. The van der Waals surface area contributed by atoms with E-state index in [9.17, 15) is 26.4 Å². The minimum atomic E-state index is -4.75. The van der Waals surface area contributed by atoms with Crippen LogP contribution in [-0.2, 0) is 27.5 Å². The van der Waals surface area contributed by atoms with E-state index in [4.69, 9.17) is 4.74 Å². The largest absolute Gasteiger partial charge is 0.421 e. The number of anilines is 4. The molecule has 208 valence electrons. The van der Waals surface area contributed by atoms with E-state index in [0.717, 1.165) is 10.6 Å². The summed E-state index contributed by atoms with van der Waals surface area (Å²) in [7, 11) is -2.35. The molecule has 1 aliphatic heterocycles. The number of benzene rings is 1. The van der Waals surface area contributed by atoms with Gasteiger partial charge in [0.25, 0.3) is 5.91 Å². The molecule has 0 spiro atoms.